The number of aryl methyl sites for hydroxylation is 1. The third kappa shape index (κ3) is 8.19. The Balaban J connectivity index is 1.59. The van der Waals surface area contributed by atoms with Gasteiger partial charge in [-0.3, -0.25) is 9.59 Å². The van der Waals surface area contributed by atoms with Crippen LogP contribution in [-0.2, 0) is 16.0 Å². The van der Waals surface area contributed by atoms with Crippen LogP contribution < -0.4 is 10.1 Å². The number of nitrogens with one attached hydrogen (secondary N) is 1. The molecule has 1 N–H and O–H groups in total. The van der Waals surface area contributed by atoms with Crippen LogP contribution in [0.5, 0.6) is 5.75 Å². The maximum absolute atomic E-state index is 13.3. The smallest absolute Gasteiger partial charge is 0.243 e. The Labute approximate surface area is 204 Å². The fourth-order valence-electron chi connectivity index (χ4n) is 4.63. The number of amides is 2. The lowest BCUT2D eigenvalue weighted by Crippen LogP contribution is -2.52. The van der Waals surface area contributed by atoms with Gasteiger partial charge < -0.3 is 15.0 Å². The Bertz CT molecular complexity index is 876. The molecule has 1 aliphatic rings. The maximum atomic E-state index is 13.3. The van der Waals surface area contributed by atoms with Gasteiger partial charge >= 0.3 is 0 Å². The summed E-state index contributed by atoms with van der Waals surface area (Å²) in [5.41, 5.74) is 2.36. The van der Waals surface area contributed by atoms with Gasteiger partial charge in [0.05, 0.1) is 6.61 Å². The normalized spacial score (nSPS) is 14.9. The molecule has 0 bridgehead atoms. The van der Waals surface area contributed by atoms with Crippen LogP contribution >= 0.6 is 0 Å². The first-order valence-corrected chi connectivity index (χ1v) is 12.9. The second-order valence-electron chi connectivity index (χ2n) is 9.36. The average Bonchev–Trinajstić information content (AvgIpc) is 2.86. The Kier molecular flexibility index (Phi) is 10.5. The molecule has 1 atom stereocenters. The van der Waals surface area contributed by atoms with Gasteiger partial charge in [0.2, 0.25) is 11.8 Å². The largest absolute Gasteiger partial charge is 0.494 e. The van der Waals surface area contributed by atoms with Crippen molar-refractivity contribution >= 4 is 11.8 Å². The van der Waals surface area contributed by atoms with Crippen molar-refractivity contribution in [2.24, 2.45) is 0 Å². The van der Waals surface area contributed by atoms with E-state index in [0.717, 1.165) is 25.0 Å². The third-order valence-corrected chi connectivity index (χ3v) is 6.65. The number of rotatable bonds is 12. The van der Waals surface area contributed by atoms with Gasteiger partial charge in [-0.2, -0.15) is 0 Å². The molecule has 0 aromatic heterocycles. The van der Waals surface area contributed by atoms with Crippen LogP contribution in [0.15, 0.2) is 54.6 Å². The first-order chi connectivity index (χ1) is 16.6. The summed E-state index contributed by atoms with van der Waals surface area (Å²) < 4.78 is 5.81. The van der Waals surface area contributed by atoms with Crippen LogP contribution in [-0.4, -0.2) is 41.9 Å². The molecule has 1 aliphatic carbocycles. The predicted molar refractivity (Wildman–Crippen MR) is 137 cm³/mol. The number of benzene rings is 2. The van der Waals surface area contributed by atoms with Crippen LogP contribution in [0.4, 0.5) is 0 Å². The lowest BCUT2D eigenvalue weighted by molar-refractivity contribution is -0.141. The lowest BCUT2D eigenvalue weighted by atomic mass is 9.95. The summed E-state index contributed by atoms with van der Waals surface area (Å²) >= 11 is 0. The van der Waals surface area contributed by atoms with Crippen molar-refractivity contribution in [3.05, 3.63) is 65.7 Å². The number of hydrogen-bond donors (Lipinski definition) is 1. The topological polar surface area (TPSA) is 58.6 Å². The number of carbonyl (C=O) groups is 2. The van der Waals surface area contributed by atoms with E-state index >= 15 is 0 Å². The standard InChI is InChI=1S/C29H40N2O3/c1-3-27(29(33)30-25-13-8-5-9-14-25)31(21-20-24-11-6-4-7-12-24)28(32)15-10-22-34-26-18-16-23(2)17-19-26/h4,6-7,11-12,16-19,25,27H,3,5,8-10,13-15,20-22H2,1-2H3,(H,30,33)/t27-/m1/s1. The first kappa shape index (κ1) is 25.8. The molecular formula is C29H40N2O3. The van der Waals surface area contributed by atoms with E-state index in [0.29, 0.717) is 32.4 Å². The molecule has 0 aliphatic heterocycles. The summed E-state index contributed by atoms with van der Waals surface area (Å²) in [6.45, 7) is 5.06. The van der Waals surface area contributed by atoms with Crippen molar-refractivity contribution in [2.75, 3.05) is 13.2 Å². The Morgan fingerprint density at radius 3 is 2.41 bits per heavy atom. The van der Waals surface area contributed by atoms with Gasteiger partial charge in [-0.25, -0.2) is 0 Å². The second-order valence-corrected chi connectivity index (χ2v) is 9.36. The third-order valence-electron chi connectivity index (χ3n) is 6.65. The Morgan fingerprint density at radius 2 is 1.74 bits per heavy atom. The molecular weight excluding hydrogens is 424 g/mol. The van der Waals surface area contributed by atoms with Crippen LogP contribution in [0.25, 0.3) is 0 Å². The van der Waals surface area contributed by atoms with Crippen molar-refractivity contribution in [1.29, 1.82) is 0 Å². The molecule has 2 aromatic rings. The minimum atomic E-state index is -0.434. The highest BCUT2D eigenvalue weighted by atomic mass is 16.5. The number of nitrogens with zero attached hydrogens (tertiary/aromatic N) is 1. The summed E-state index contributed by atoms with van der Waals surface area (Å²) in [4.78, 5) is 28.3. The van der Waals surface area contributed by atoms with E-state index in [1.54, 1.807) is 4.90 Å². The number of ether oxygens (including phenoxy) is 1. The molecule has 0 unspecified atom stereocenters. The fraction of sp³-hybridized carbons (Fsp3) is 0.517. The van der Waals surface area contributed by atoms with E-state index in [1.165, 1.54) is 30.4 Å². The molecule has 1 fully saturated rings. The van der Waals surface area contributed by atoms with E-state index in [2.05, 4.69) is 17.4 Å². The lowest BCUT2D eigenvalue weighted by Gasteiger charge is -2.33. The van der Waals surface area contributed by atoms with E-state index in [4.69, 9.17) is 4.74 Å². The molecule has 5 nitrogen and oxygen atoms in total. The molecule has 1 saturated carbocycles. The van der Waals surface area contributed by atoms with Crippen molar-refractivity contribution in [1.82, 2.24) is 10.2 Å². The molecule has 34 heavy (non-hydrogen) atoms. The van der Waals surface area contributed by atoms with Gasteiger partial charge in [0.1, 0.15) is 11.8 Å². The first-order valence-electron chi connectivity index (χ1n) is 12.9. The van der Waals surface area contributed by atoms with Crippen molar-refractivity contribution in [3.8, 4) is 5.75 Å². The molecule has 2 amide bonds. The highest BCUT2D eigenvalue weighted by Gasteiger charge is 2.29. The maximum Gasteiger partial charge on any atom is 0.243 e. The highest BCUT2D eigenvalue weighted by molar-refractivity contribution is 5.87. The van der Waals surface area contributed by atoms with Crippen LogP contribution in [0.3, 0.4) is 0 Å². The van der Waals surface area contributed by atoms with Gasteiger partial charge in [0.25, 0.3) is 0 Å². The van der Waals surface area contributed by atoms with Crippen molar-refractivity contribution < 1.29 is 14.3 Å². The second kappa shape index (κ2) is 13.8. The fourth-order valence-corrected chi connectivity index (χ4v) is 4.63. The zero-order valence-electron chi connectivity index (χ0n) is 20.8. The molecule has 0 spiro atoms. The zero-order chi connectivity index (χ0) is 24.2. The predicted octanol–water partition coefficient (Wildman–Crippen LogP) is 5.45. The molecule has 0 heterocycles. The minimum Gasteiger partial charge on any atom is -0.494 e. The van der Waals surface area contributed by atoms with E-state index < -0.39 is 6.04 Å². The molecule has 5 heteroatoms. The summed E-state index contributed by atoms with van der Waals surface area (Å²) in [5, 5.41) is 3.24. The summed E-state index contributed by atoms with van der Waals surface area (Å²) in [6, 6.07) is 17.9. The molecule has 0 radical (unpaired) electrons. The molecule has 0 saturated heterocycles. The van der Waals surface area contributed by atoms with Gasteiger partial charge in [-0.1, -0.05) is 74.2 Å². The Morgan fingerprint density at radius 1 is 1.03 bits per heavy atom. The molecule has 3 rings (SSSR count). The van der Waals surface area contributed by atoms with E-state index in [9.17, 15) is 9.59 Å². The van der Waals surface area contributed by atoms with Gasteiger partial charge in [0.15, 0.2) is 0 Å². The van der Waals surface area contributed by atoms with Crippen LogP contribution in [0, 0.1) is 6.92 Å². The molecule has 2 aromatic carbocycles. The minimum absolute atomic E-state index is 0.00767. The van der Waals surface area contributed by atoms with Gasteiger partial charge in [0, 0.05) is 19.0 Å². The van der Waals surface area contributed by atoms with E-state index in [-0.39, 0.29) is 17.9 Å². The highest BCUT2D eigenvalue weighted by Crippen LogP contribution is 2.19. The number of hydrogen-bond acceptors (Lipinski definition) is 3. The summed E-state index contributed by atoms with van der Waals surface area (Å²) in [6.07, 6.45) is 7.99. The van der Waals surface area contributed by atoms with Gasteiger partial charge in [-0.05, 0) is 56.7 Å². The van der Waals surface area contributed by atoms with Crippen molar-refractivity contribution in [2.45, 2.75) is 83.7 Å². The monoisotopic (exact) mass is 464 g/mol. The zero-order valence-corrected chi connectivity index (χ0v) is 20.8. The van der Waals surface area contributed by atoms with Crippen molar-refractivity contribution in [3.63, 3.8) is 0 Å². The number of carbonyl (C=O) groups excluding carboxylic acids is 2. The Hall–Kier alpha value is -2.82. The SMILES string of the molecule is CC[C@H](C(=O)NC1CCCCC1)N(CCc1ccccc1)C(=O)CCCOc1ccc(C)cc1. The van der Waals surface area contributed by atoms with E-state index in [1.807, 2.05) is 56.3 Å². The quantitative estimate of drug-likeness (QED) is 0.425. The molecule has 184 valence electrons. The average molecular weight is 465 g/mol. The van der Waals surface area contributed by atoms with Crippen LogP contribution in [0.1, 0.15) is 69.4 Å². The van der Waals surface area contributed by atoms with Gasteiger partial charge in [-0.15, -0.1) is 0 Å². The summed E-state index contributed by atoms with van der Waals surface area (Å²) in [5.74, 6) is 0.832. The summed E-state index contributed by atoms with van der Waals surface area (Å²) in [7, 11) is 0. The van der Waals surface area contributed by atoms with Crippen LogP contribution in [0.2, 0.25) is 0 Å².